The monoisotopic (exact) mass is 221 g/mol. The number of carbonyl (C=O) groups excluding carboxylic acids is 1. The summed E-state index contributed by atoms with van der Waals surface area (Å²) in [5.41, 5.74) is 0.813. The summed E-state index contributed by atoms with van der Waals surface area (Å²) in [4.78, 5) is 12.8. The van der Waals surface area contributed by atoms with Crippen molar-refractivity contribution in [2.75, 3.05) is 7.05 Å². The average molecular weight is 221 g/mol. The molecular weight excluding hydrogens is 209 g/mol. The largest absolute Gasteiger partial charge is 0.349 e. The Morgan fingerprint density at radius 3 is 2.62 bits per heavy atom. The molecule has 1 fully saturated rings. The number of rotatable bonds is 1. The number of halogens is 1. The maximum absolute atomic E-state index is 12.7. The minimum atomic E-state index is -0.307. The first-order chi connectivity index (χ1) is 7.58. The van der Waals surface area contributed by atoms with Crippen LogP contribution < -0.4 is 5.32 Å². The van der Waals surface area contributed by atoms with Crippen LogP contribution in [0.3, 0.4) is 0 Å². The second-order valence-electron chi connectivity index (χ2n) is 3.75. The van der Waals surface area contributed by atoms with Gasteiger partial charge in [0.1, 0.15) is 5.82 Å². The van der Waals surface area contributed by atoms with Crippen molar-refractivity contribution >= 4 is 11.9 Å². The third-order valence-electron chi connectivity index (χ3n) is 2.67. The predicted octanol–water partition coefficient (Wildman–Crippen LogP) is 1.25. The van der Waals surface area contributed by atoms with Gasteiger partial charge in [0.15, 0.2) is 5.96 Å². The van der Waals surface area contributed by atoms with Gasteiger partial charge in [-0.15, -0.1) is 0 Å². The Kier molecular flexibility index (Phi) is 2.60. The average Bonchev–Trinajstić information content (AvgIpc) is 2.26. The molecule has 1 atom stereocenters. The molecule has 1 aromatic rings. The van der Waals surface area contributed by atoms with E-state index < -0.39 is 0 Å². The van der Waals surface area contributed by atoms with Gasteiger partial charge in [0, 0.05) is 7.05 Å². The van der Waals surface area contributed by atoms with Crippen LogP contribution in [0.5, 0.6) is 0 Å². The van der Waals surface area contributed by atoms with Gasteiger partial charge < -0.3 is 5.32 Å². The summed E-state index contributed by atoms with van der Waals surface area (Å²) in [6, 6.07) is 5.71. The maximum Gasteiger partial charge on any atom is 0.231 e. The van der Waals surface area contributed by atoms with Crippen LogP contribution in [0.15, 0.2) is 24.3 Å². The topological polar surface area (TPSA) is 56.2 Å². The van der Waals surface area contributed by atoms with Gasteiger partial charge in [-0.25, -0.2) is 4.39 Å². The lowest BCUT2D eigenvalue weighted by molar-refractivity contribution is -0.128. The maximum atomic E-state index is 12.7. The van der Waals surface area contributed by atoms with E-state index in [4.69, 9.17) is 5.41 Å². The highest BCUT2D eigenvalue weighted by molar-refractivity contribution is 5.98. The Labute approximate surface area is 92.6 Å². The first kappa shape index (κ1) is 10.6. The zero-order chi connectivity index (χ0) is 11.7. The second-order valence-corrected chi connectivity index (χ2v) is 3.75. The van der Waals surface area contributed by atoms with Crippen molar-refractivity contribution in [1.29, 1.82) is 5.41 Å². The number of hydrogen-bond acceptors (Lipinski definition) is 2. The molecule has 16 heavy (non-hydrogen) atoms. The van der Waals surface area contributed by atoms with E-state index in [-0.39, 0.29) is 30.1 Å². The molecular formula is C11H12FN3O. The number of nitrogens with one attached hydrogen (secondary N) is 2. The van der Waals surface area contributed by atoms with Crippen LogP contribution >= 0.6 is 0 Å². The molecule has 0 saturated carbocycles. The molecule has 84 valence electrons. The van der Waals surface area contributed by atoms with Crippen LogP contribution in [0.1, 0.15) is 18.0 Å². The Balaban J connectivity index is 2.20. The molecule has 1 aromatic carbocycles. The third-order valence-corrected chi connectivity index (χ3v) is 2.67. The van der Waals surface area contributed by atoms with Gasteiger partial charge in [-0.1, -0.05) is 12.1 Å². The van der Waals surface area contributed by atoms with Crippen molar-refractivity contribution in [2.24, 2.45) is 0 Å². The summed E-state index contributed by atoms with van der Waals surface area (Å²) < 4.78 is 12.7. The Bertz CT molecular complexity index is 411. The Morgan fingerprint density at radius 2 is 2.06 bits per heavy atom. The minimum absolute atomic E-state index is 0.0746. The summed E-state index contributed by atoms with van der Waals surface area (Å²) in [7, 11) is 1.55. The first-order valence-electron chi connectivity index (χ1n) is 4.95. The highest BCUT2D eigenvalue weighted by Gasteiger charge is 2.27. The molecule has 0 aromatic heterocycles. The van der Waals surface area contributed by atoms with E-state index in [9.17, 15) is 9.18 Å². The molecule has 0 aliphatic carbocycles. The minimum Gasteiger partial charge on any atom is -0.349 e. The van der Waals surface area contributed by atoms with Crippen LogP contribution in [0.2, 0.25) is 0 Å². The van der Waals surface area contributed by atoms with Crippen molar-refractivity contribution < 1.29 is 9.18 Å². The van der Waals surface area contributed by atoms with Gasteiger partial charge in [-0.3, -0.25) is 15.1 Å². The van der Waals surface area contributed by atoms with Gasteiger partial charge in [0.05, 0.1) is 12.5 Å². The van der Waals surface area contributed by atoms with E-state index in [1.807, 2.05) is 0 Å². The second kappa shape index (κ2) is 3.92. The smallest absolute Gasteiger partial charge is 0.231 e. The van der Waals surface area contributed by atoms with Gasteiger partial charge in [-0.2, -0.15) is 0 Å². The number of hydrogen-bond donors (Lipinski definition) is 2. The summed E-state index contributed by atoms with van der Waals surface area (Å²) in [5.74, 6) is -0.346. The van der Waals surface area contributed by atoms with E-state index in [1.165, 1.54) is 17.0 Å². The fourth-order valence-corrected chi connectivity index (χ4v) is 1.65. The van der Waals surface area contributed by atoms with E-state index in [0.717, 1.165) is 5.56 Å². The molecule has 1 saturated heterocycles. The zero-order valence-electron chi connectivity index (χ0n) is 8.83. The summed E-state index contributed by atoms with van der Waals surface area (Å²) in [6.07, 6.45) is 0.282. The molecule has 2 rings (SSSR count). The zero-order valence-corrected chi connectivity index (χ0v) is 8.83. The first-order valence-corrected chi connectivity index (χ1v) is 4.95. The molecule has 0 spiro atoms. The lowest BCUT2D eigenvalue weighted by Gasteiger charge is -2.31. The molecule has 0 bridgehead atoms. The Morgan fingerprint density at radius 1 is 1.44 bits per heavy atom. The highest BCUT2D eigenvalue weighted by atomic mass is 19.1. The van der Waals surface area contributed by atoms with Crippen LogP contribution in [-0.4, -0.2) is 23.8 Å². The van der Waals surface area contributed by atoms with Crippen LogP contribution in [0, 0.1) is 11.2 Å². The molecule has 1 aliphatic heterocycles. The number of guanidine groups is 1. The number of nitrogens with zero attached hydrogens (tertiary/aromatic N) is 1. The van der Waals surface area contributed by atoms with Gasteiger partial charge in [-0.05, 0) is 17.7 Å². The molecule has 5 heteroatoms. The highest BCUT2D eigenvalue weighted by Crippen LogP contribution is 2.21. The van der Waals surface area contributed by atoms with Crippen molar-refractivity contribution in [2.45, 2.75) is 12.5 Å². The SMILES string of the molecule is CN1C(=N)NC(c2ccc(F)cc2)CC1=O. The number of amides is 1. The van der Waals surface area contributed by atoms with Crippen LogP contribution in [0.25, 0.3) is 0 Å². The predicted molar refractivity (Wildman–Crippen MR) is 57.4 cm³/mol. The van der Waals surface area contributed by atoms with Crippen LogP contribution in [-0.2, 0) is 4.79 Å². The van der Waals surface area contributed by atoms with Crippen molar-refractivity contribution in [3.05, 3.63) is 35.6 Å². The van der Waals surface area contributed by atoms with Gasteiger partial charge in [0.2, 0.25) is 5.91 Å². The summed E-state index contributed by atoms with van der Waals surface area (Å²) in [5, 5.41) is 10.5. The summed E-state index contributed by atoms with van der Waals surface area (Å²) in [6.45, 7) is 0. The fraction of sp³-hybridized carbons (Fsp3) is 0.273. The number of carbonyl (C=O) groups is 1. The normalized spacial score (nSPS) is 20.9. The fourth-order valence-electron chi connectivity index (χ4n) is 1.65. The standard InChI is InChI=1S/C11H12FN3O/c1-15-10(16)6-9(14-11(15)13)7-2-4-8(12)5-3-7/h2-5,9H,6H2,1H3,(H2,13,14). The number of benzene rings is 1. The van der Waals surface area contributed by atoms with Crippen LogP contribution in [0.4, 0.5) is 4.39 Å². The van der Waals surface area contributed by atoms with E-state index in [0.29, 0.717) is 0 Å². The van der Waals surface area contributed by atoms with Crippen molar-refractivity contribution in [3.63, 3.8) is 0 Å². The lowest BCUT2D eigenvalue weighted by atomic mass is 10.0. The molecule has 0 radical (unpaired) electrons. The molecule has 2 N–H and O–H groups in total. The Hall–Kier alpha value is -1.91. The van der Waals surface area contributed by atoms with E-state index in [1.54, 1.807) is 19.2 Å². The molecule has 1 unspecified atom stereocenters. The lowest BCUT2D eigenvalue weighted by Crippen LogP contribution is -2.49. The van der Waals surface area contributed by atoms with Gasteiger partial charge in [0.25, 0.3) is 0 Å². The summed E-state index contributed by atoms with van der Waals surface area (Å²) >= 11 is 0. The quantitative estimate of drug-likeness (QED) is 0.750. The van der Waals surface area contributed by atoms with E-state index >= 15 is 0 Å². The van der Waals surface area contributed by atoms with Crippen molar-refractivity contribution in [1.82, 2.24) is 10.2 Å². The van der Waals surface area contributed by atoms with E-state index in [2.05, 4.69) is 5.32 Å². The molecule has 1 amide bonds. The van der Waals surface area contributed by atoms with Gasteiger partial charge >= 0.3 is 0 Å². The van der Waals surface area contributed by atoms with Crippen molar-refractivity contribution in [3.8, 4) is 0 Å². The molecule has 1 aliphatic rings. The molecule has 1 heterocycles. The third kappa shape index (κ3) is 1.88. The molecule has 4 nitrogen and oxygen atoms in total.